The van der Waals surface area contributed by atoms with E-state index >= 15 is 0 Å². The van der Waals surface area contributed by atoms with Crippen molar-refractivity contribution in [2.24, 2.45) is 0 Å². The Morgan fingerprint density at radius 1 is 1.32 bits per heavy atom. The van der Waals surface area contributed by atoms with Gasteiger partial charge in [-0.15, -0.1) is 0 Å². The van der Waals surface area contributed by atoms with Crippen molar-refractivity contribution in [1.82, 2.24) is 4.72 Å². The van der Waals surface area contributed by atoms with Crippen molar-refractivity contribution in [2.75, 3.05) is 32.8 Å². The maximum absolute atomic E-state index is 11.5. The maximum atomic E-state index is 11.5. The Morgan fingerprint density at radius 3 is 2.89 bits per heavy atom. The predicted molar refractivity (Wildman–Crippen MR) is 69.9 cm³/mol. The fourth-order valence-electron chi connectivity index (χ4n) is 1.71. The smallest absolute Gasteiger partial charge is 0.231 e. The first-order valence-electron chi connectivity index (χ1n) is 5.95. The molecule has 0 amide bonds. The molecule has 1 aliphatic heterocycles. The third-order valence-corrected chi connectivity index (χ3v) is 4.08. The Hall–Kier alpha value is -1.31. The van der Waals surface area contributed by atoms with Crippen LogP contribution in [0, 0.1) is 0 Å². The Balaban J connectivity index is 1.83. The van der Waals surface area contributed by atoms with Gasteiger partial charge in [-0.3, -0.25) is 0 Å². The highest BCUT2D eigenvalue weighted by molar-refractivity contribution is 7.89. The van der Waals surface area contributed by atoms with E-state index in [4.69, 9.17) is 14.2 Å². The largest absolute Gasteiger partial charge is 0.454 e. The topological polar surface area (TPSA) is 73.9 Å². The number of methoxy groups -OCH3 is 1. The van der Waals surface area contributed by atoms with Gasteiger partial charge in [0.2, 0.25) is 16.8 Å². The quantitative estimate of drug-likeness (QED) is 0.791. The van der Waals surface area contributed by atoms with Crippen LogP contribution in [0.15, 0.2) is 18.2 Å². The second-order valence-electron chi connectivity index (χ2n) is 4.14. The van der Waals surface area contributed by atoms with Gasteiger partial charge in [0.05, 0.1) is 12.4 Å². The summed E-state index contributed by atoms with van der Waals surface area (Å²) in [5, 5.41) is 0. The number of fused-ring (bicyclic) bond motifs is 1. The van der Waals surface area contributed by atoms with Crippen molar-refractivity contribution < 1.29 is 22.6 Å². The van der Waals surface area contributed by atoms with Crippen LogP contribution in [0.4, 0.5) is 0 Å². The van der Waals surface area contributed by atoms with Crippen LogP contribution in [-0.2, 0) is 21.2 Å². The first-order valence-corrected chi connectivity index (χ1v) is 7.61. The van der Waals surface area contributed by atoms with Crippen LogP contribution in [0.25, 0.3) is 0 Å². The molecule has 7 heteroatoms. The molecule has 0 atom stereocenters. The van der Waals surface area contributed by atoms with Crippen molar-refractivity contribution in [2.45, 2.75) is 6.42 Å². The number of ether oxygens (including phenoxy) is 3. The van der Waals surface area contributed by atoms with Gasteiger partial charge in [-0.25, -0.2) is 13.1 Å². The number of rotatable bonds is 7. The summed E-state index contributed by atoms with van der Waals surface area (Å²) in [4.78, 5) is 0. The molecule has 0 unspecified atom stereocenters. The molecule has 0 aliphatic carbocycles. The first kappa shape index (κ1) is 14.1. The summed E-state index contributed by atoms with van der Waals surface area (Å²) >= 11 is 0. The van der Waals surface area contributed by atoms with Crippen molar-refractivity contribution in [3.05, 3.63) is 23.8 Å². The highest BCUT2D eigenvalue weighted by atomic mass is 32.2. The molecule has 6 nitrogen and oxygen atoms in total. The lowest BCUT2D eigenvalue weighted by atomic mass is 10.1. The molecule has 1 heterocycles. The molecule has 0 bridgehead atoms. The molecule has 0 saturated heterocycles. The monoisotopic (exact) mass is 287 g/mol. The number of benzene rings is 1. The highest BCUT2D eigenvalue weighted by Crippen LogP contribution is 2.32. The van der Waals surface area contributed by atoms with Crippen LogP contribution in [0.5, 0.6) is 11.5 Å². The van der Waals surface area contributed by atoms with Crippen LogP contribution in [-0.4, -0.2) is 41.2 Å². The van der Waals surface area contributed by atoms with Gasteiger partial charge in [-0.05, 0) is 24.1 Å². The average molecular weight is 287 g/mol. The third-order valence-electron chi connectivity index (χ3n) is 2.73. The summed E-state index contributed by atoms with van der Waals surface area (Å²) in [6.45, 7) is 0.785. The van der Waals surface area contributed by atoms with Gasteiger partial charge in [-0.2, -0.15) is 0 Å². The summed E-state index contributed by atoms with van der Waals surface area (Å²) in [6.07, 6.45) is 0.600. The summed E-state index contributed by atoms with van der Waals surface area (Å²) in [5.74, 6) is 1.41. The highest BCUT2D eigenvalue weighted by Gasteiger charge is 2.13. The van der Waals surface area contributed by atoms with Gasteiger partial charge >= 0.3 is 0 Å². The zero-order valence-electron chi connectivity index (χ0n) is 10.7. The Labute approximate surface area is 112 Å². The molecule has 0 spiro atoms. The molecule has 2 rings (SSSR count). The molecule has 0 saturated carbocycles. The van der Waals surface area contributed by atoms with Gasteiger partial charge in [0, 0.05) is 13.7 Å². The number of hydrogen-bond acceptors (Lipinski definition) is 5. The summed E-state index contributed by atoms with van der Waals surface area (Å²) < 4.78 is 40.8. The number of nitrogens with one attached hydrogen (secondary N) is 1. The van der Waals surface area contributed by atoms with E-state index in [1.54, 1.807) is 0 Å². The lowest BCUT2D eigenvalue weighted by molar-refractivity contribution is 0.174. The predicted octanol–water partition coefficient (Wildman–Crippen LogP) is 0.524. The van der Waals surface area contributed by atoms with Crippen LogP contribution in [0.2, 0.25) is 0 Å². The number of hydrogen-bond donors (Lipinski definition) is 1. The minimum Gasteiger partial charge on any atom is -0.454 e. The second-order valence-corrected chi connectivity index (χ2v) is 6.07. The van der Waals surface area contributed by atoms with Gasteiger partial charge < -0.3 is 14.2 Å². The average Bonchev–Trinajstić information content (AvgIpc) is 2.83. The molecule has 106 valence electrons. The van der Waals surface area contributed by atoms with E-state index in [1.165, 1.54) is 7.11 Å². The third kappa shape index (κ3) is 4.09. The van der Waals surface area contributed by atoms with E-state index in [-0.39, 0.29) is 19.2 Å². The normalized spacial score (nSPS) is 13.7. The summed E-state index contributed by atoms with van der Waals surface area (Å²) in [6, 6.07) is 5.60. The first-order chi connectivity index (χ1) is 9.11. The van der Waals surface area contributed by atoms with Crippen molar-refractivity contribution >= 4 is 10.0 Å². The Morgan fingerprint density at radius 2 is 2.11 bits per heavy atom. The number of sulfonamides is 1. The fraction of sp³-hybridized carbons (Fsp3) is 0.500. The lowest BCUT2D eigenvalue weighted by Crippen LogP contribution is -2.29. The zero-order valence-corrected chi connectivity index (χ0v) is 11.5. The van der Waals surface area contributed by atoms with E-state index in [9.17, 15) is 8.42 Å². The standard InChI is InChI=1S/C12H17NO5S/c1-16-6-7-19(14,15)13-5-4-10-2-3-11-12(8-10)18-9-17-11/h2-3,8,13H,4-7,9H2,1H3. The zero-order chi connectivity index (χ0) is 13.7. The van der Waals surface area contributed by atoms with Crippen molar-refractivity contribution in [3.63, 3.8) is 0 Å². The molecule has 0 aromatic heterocycles. The van der Waals surface area contributed by atoms with E-state index in [0.29, 0.717) is 18.7 Å². The maximum Gasteiger partial charge on any atom is 0.231 e. The van der Waals surface area contributed by atoms with Crippen LogP contribution < -0.4 is 14.2 Å². The summed E-state index contributed by atoms with van der Waals surface area (Å²) in [5.41, 5.74) is 0.999. The van der Waals surface area contributed by atoms with Crippen molar-refractivity contribution in [3.8, 4) is 11.5 Å². The second kappa shape index (κ2) is 6.23. The Bertz CT molecular complexity index is 529. The van der Waals surface area contributed by atoms with Gasteiger partial charge in [-0.1, -0.05) is 6.07 Å². The molecule has 0 radical (unpaired) electrons. The minimum absolute atomic E-state index is 0.0232. The molecular weight excluding hydrogens is 270 g/mol. The van der Waals surface area contributed by atoms with E-state index in [1.807, 2.05) is 18.2 Å². The van der Waals surface area contributed by atoms with Crippen LogP contribution in [0.3, 0.4) is 0 Å². The van der Waals surface area contributed by atoms with Crippen LogP contribution >= 0.6 is 0 Å². The molecule has 0 fully saturated rings. The molecular formula is C12H17NO5S. The molecule has 1 aromatic carbocycles. The van der Waals surface area contributed by atoms with Gasteiger partial charge in [0.1, 0.15) is 0 Å². The summed E-state index contributed by atoms with van der Waals surface area (Å²) in [7, 11) is -1.78. The van der Waals surface area contributed by atoms with E-state index in [2.05, 4.69) is 4.72 Å². The SMILES string of the molecule is COCCS(=O)(=O)NCCc1ccc2c(c1)OCO2. The minimum atomic E-state index is -3.26. The van der Waals surface area contributed by atoms with Gasteiger partial charge in [0.15, 0.2) is 11.5 Å². The lowest BCUT2D eigenvalue weighted by Gasteiger charge is -2.06. The van der Waals surface area contributed by atoms with E-state index < -0.39 is 10.0 Å². The van der Waals surface area contributed by atoms with Gasteiger partial charge in [0.25, 0.3) is 0 Å². The fourth-order valence-corrected chi connectivity index (χ4v) is 2.66. The van der Waals surface area contributed by atoms with E-state index in [0.717, 1.165) is 11.3 Å². The molecule has 1 N–H and O–H groups in total. The molecule has 1 aliphatic rings. The van der Waals surface area contributed by atoms with Crippen LogP contribution in [0.1, 0.15) is 5.56 Å². The molecule has 19 heavy (non-hydrogen) atoms. The van der Waals surface area contributed by atoms with Crippen molar-refractivity contribution in [1.29, 1.82) is 0 Å². The molecule has 1 aromatic rings. The Kier molecular flexibility index (Phi) is 4.62.